The summed E-state index contributed by atoms with van der Waals surface area (Å²) in [7, 11) is 0. The van der Waals surface area contributed by atoms with Crippen molar-refractivity contribution in [1.29, 1.82) is 0 Å². The van der Waals surface area contributed by atoms with Gasteiger partial charge in [-0.25, -0.2) is 0 Å². The zero-order valence-electron chi connectivity index (χ0n) is 25.4. The van der Waals surface area contributed by atoms with Crippen LogP contribution in [0.4, 0.5) is 0 Å². The summed E-state index contributed by atoms with van der Waals surface area (Å²) in [6.07, 6.45) is 13.1. The number of rotatable bonds is 18. The molecule has 1 amide bonds. The lowest BCUT2D eigenvalue weighted by Crippen LogP contribution is -2.24. The van der Waals surface area contributed by atoms with E-state index in [0.717, 1.165) is 80.2 Å². The van der Waals surface area contributed by atoms with E-state index < -0.39 is 6.10 Å². The fraction of sp³-hybridized carbons (Fsp3) is 0.500. The first-order valence-electron chi connectivity index (χ1n) is 16.0. The number of aliphatic hydroxyl groups is 2. The Bertz CT molecular complexity index is 1350. The van der Waals surface area contributed by atoms with Crippen LogP contribution in [0.25, 0.3) is 11.1 Å². The summed E-state index contributed by atoms with van der Waals surface area (Å²) in [5, 5.41) is 21.2. The number of benzene rings is 2. The quantitative estimate of drug-likeness (QED) is 0.155. The second-order valence-electron chi connectivity index (χ2n) is 12.2. The molecule has 43 heavy (non-hydrogen) atoms. The fourth-order valence-electron chi connectivity index (χ4n) is 5.53. The Morgan fingerprint density at radius 1 is 1.07 bits per heavy atom. The van der Waals surface area contributed by atoms with Crippen LogP contribution in [0.15, 0.2) is 60.9 Å². The topological polar surface area (TPSA) is 101 Å². The van der Waals surface area contributed by atoms with E-state index in [-0.39, 0.29) is 18.1 Å². The molecule has 7 nitrogen and oxygen atoms in total. The third-order valence-corrected chi connectivity index (χ3v) is 8.55. The van der Waals surface area contributed by atoms with Crippen LogP contribution in [0.1, 0.15) is 86.5 Å². The molecule has 1 unspecified atom stereocenters. The van der Waals surface area contributed by atoms with E-state index in [1.54, 1.807) is 0 Å². The van der Waals surface area contributed by atoms with Crippen molar-refractivity contribution >= 4 is 5.91 Å². The predicted molar refractivity (Wildman–Crippen MR) is 168 cm³/mol. The lowest BCUT2D eigenvalue weighted by Gasteiger charge is -2.22. The SMILES string of the molecule is Cc1ccc(CCCCC(=O)NCCCCC(O)CO)cc1COC1(c2cnccc2-c2ccccc2OC2CC2)CC1. The first-order valence-corrected chi connectivity index (χ1v) is 16.0. The molecule has 0 aliphatic heterocycles. The summed E-state index contributed by atoms with van der Waals surface area (Å²) in [5.41, 5.74) is 6.74. The number of amides is 1. The molecule has 0 spiro atoms. The predicted octanol–water partition coefficient (Wildman–Crippen LogP) is 6.16. The highest BCUT2D eigenvalue weighted by molar-refractivity contribution is 5.76. The van der Waals surface area contributed by atoms with E-state index in [0.29, 0.717) is 32.1 Å². The Kier molecular flexibility index (Phi) is 10.8. The van der Waals surface area contributed by atoms with Gasteiger partial charge in [0.25, 0.3) is 0 Å². The molecule has 2 fully saturated rings. The number of nitrogens with one attached hydrogen (secondary N) is 1. The van der Waals surface area contributed by atoms with E-state index in [1.165, 1.54) is 16.7 Å². The Labute approximate surface area is 255 Å². The standard InChI is InChI=1S/C36H46N2O5/c1-26-13-14-27(8-2-5-12-35(41)38-20-7-6-9-29(40)24-39)22-28(26)25-42-36(18-19-36)33-23-37-21-17-31(33)32-10-3-4-11-34(32)43-30-15-16-30/h3-4,10-11,13-14,17,21-23,29-30,39-40H,2,5-9,12,15-16,18-20,24-25H2,1H3,(H,38,41). The summed E-state index contributed by atoms with van der Waals surface area (Å²) in [6, 6.07) is 17.0. The van der Waals surface area contributed by atoms with Crippen molar-refractivity contribution in [2.75, 3.05) is 13.2 Å². The molecule has 3 aromatic rings. The van der Waals surface area contributed by atoms with E-state index in [2.05, 4.69) is 59.7 Å². The number of pyridine rings is 1. The van der Waals surface area contributed by atoms with E-state index >= 15 is 0 Å². The zero-order chi connectivity index (χ0) is 30.1. The summed E-state index contributed by atoms with van der Waals surface area (Å²) >= 11 is 0. The van der Waals surface area contributed by atoms with Gasteiger partial charge in [0.1, 0.15) is 5.75 Å². The summed E-state index contributed by atoms with van der Waals surface area (Å²) in [5.74, 6) is 1.01. The lowest BCUT2D eigenvalue weighted by molar-refractivity contribution is -0.121. The highest BCUT2D eigenvalue weighted by Gasteiger charge is 2.47. The number of hydrogen-bond donors (Lipinski definition) is 3. The number of ether oxygens (including phenoxy) is 2. The normalized spacial score (nSPS) is 16.1. The minimum Gasteiger partial charge on any atom is -0.490 e. The average molecular weight is 587 g/mol. The zero-order valence-corrected chi connectivity index (χ0v) is 25.4. The number of aromatic nitrogens is 1. The maximum Gasteiger partial charge on any atom is 0.219 e. The number of hydrogen-bond acceptors (Lipinski definition) is 6. The Hall–Kier alpha value is -3.26. The van der Waals surface area contributed by atoms with E-state index in [9.17, 15) is 9.90 Å². The maximum absolute atomic E-state index is 12.2. The molecule has 2 saturated carbocycles. The molecule has 2 aromatic carbocycles. The first-order chi connectivity index (χ1) is 21.0. The number of para-hydroxylation sites is 1. The number of unbranched alkanes of at least 4 members (excludes halogenated alkanes) is 2. The molecule has 1 heterocycles. The summed E-state index contributed by atoms with van der Waals surface area (Å²) in [4.78, 5) is 16.7. The van der Waals surface area contributed by atoms with E-state index in [4.69, 9.17) is 14.6 Å². The molecular weight excluding hydrogens is 540 g/mol. The maximum atomic E-state index is 12.2. The third-order valence-electron chi connectivity index (χ3n) is 8.55. The number of nitrogens with zero attached hydrogens (tertiary/aromatic N) is 1. The Morgan fingerprint density at radius 3 is 2.70 bits per heavy atom. The van der Waals surface area contributed by atoms with Crippen molar-refractivity contribution in [3.05, 3.63) is 83.2 Å². The van der Waals surface area contributed by atoms with Gasteiger partial charge in [0.15, 0.2) is 0 Å². The van der Waals surface area contributed by atoms with Crippen LogP contribution in [0.3, 0.4) is 0 Å². The van der Waals surface area contributed by atoms with Gasteiger partial charge in [-0.3, -0.25) is 9.78 Å². The molecule has 0 saturated heterocycles. The van der Waals surface area contributed by atoms with Crippen LogP contribution in [-0.2, 0) is 28.2 Å². The summed E-state index contributed by atoms with van der Waals surface area (Å²) < 4.78 is 13.0. The van der Waals surface area contributed by atoms with Crippen LogP contribution in [0.2, 0.25) is 0 Å². The number of aliphatic hydroxyl groups excluding tert-OH is 2. The van der Waals surface area contributed by atoms with Crippen molar-refractivity contribution in [3.8, 4) is 16.9 Å². The number of carbonyl (C=O) groups is 1. The molecule has 7 heteroatoms. The molecule has 5 rings (SSSR count). The molecule has 0 bridgehead atoms. The van der Waals surface area contributed by atoms with Crippen molar-refractivity contribution < 1.29 is 24.5 Å². The minimum atomic E-state index is -0.659. The molecule has 1 aromatic heterocycles. The molecule has 2 aliphatic rings. The van der Waals surface area contributed by atoms with Crippen molar-refractivity contribution in [1.82, 2.24) is 10.3 Å². The van der Waals surface area contributed by atoms with Crippen LogP contribution >= 0.6 is 0 Å². The van der Waals surface area contributed by atoms with Crippen LogP contribution in [-0.4, -0.2) is 46.5 Å². The molecule has 3 N–H and O–H groups in total. The average Bonchev–Trinajstić information content (AvgIpc) is 3.97. The van der Waals surface area contributed by atoms with Gasteiger partial charge >= 0.3 is 0 Å². The van der Waals surface area contributed by atoms with Crippen molar-refractivity contribution in [3.63, 3.8) is 0 Å². The fourth-order valence-corrected chi connectivity index (χ4v) is 5.53. The van der Waals surface area contributed by atoms with Gasteiger partial charge in [0, 0.05) is 36.5 Å². The van der Waals surface area contributed by atoms with Gasteiger partial charge in [0.05, 0.1) is 31.0 Å². The van der Waals surface area contributed by atoms with Gasteiger partial charge in [-0.05, 0) is 106 Å². The van der Waals surface area contributed by atoms with Gasteiger partial charge in [-0.1, -0.05) is 36.4 Å². The largest absolute Gasteiger partial charge is 0.490 e. The molecular formula is C36H46N2O5. The monoisotopic (exact) mass is 586 g/mol. The lowest BCUT2D eigenvalue weighted by atomic mass is 9.96. The third kappa shape index (κ3) is 8.88. The number of aryl methyl sites for hydroxylation is 2. The molecule has 230 valence electrons. The van der Waals surface area contributed by atoms with Gasteiger partial charge in [-0.2, -0.15) is 0 Å². The Balaban J connectivity index is 1.12. The Morgan fingerprint density at radius 2 is 1.91 bits per heavy atom. The highest BCUT2D eigenvalue weighted by atomic mass is 16.5. The second kappa shape index (κ2) is 15.0. The van der Waals surface area contributed by atoms with Crippen LogP contribution in [0, 0.1) is 6.92 Å². The second-order valence-corrected chi connectivity index (χ2v) is 12.2. The minimum absolute atomic E-state index is 0.0759. The smallest absolute Gasteiger partial charge is 0.219 e. The summed E-state index contributed by atoms with van der Waals surface area (Å²) in [6.45, 7) is 3.09. The van der Waals surface area contributed by atoms with Crippen LogP contribution < -0.4 is 10.1 Å². The molecule has 2 aliphatic carbocycles. The van der Waals surface area contributed by atoms with Crippen molar-refractivity contribution in [2.45, 2.75) is 102 Å². The highest BCUT2D eigenvalue weighted by Crippen LogP contribution is 2.53. The first kappa shape index (κ1) is 31.2. The number of carbonyl (C=O) groups excluding carboxylic acids is 1. The van der Waals surface area contributed by atoms with Gasteiger partial charge < -0.3 is 25.0 Å². The van der Waals surface area contributed by atoms with Gasteiger partial charge in [-0.15, -0.1) is 0 Å². The van der Waals surface area contributed by atoms with Gasteiger partial charge in [0.2, 0.25) is 5.91 Å². The van der Waals surface area contributed by atoms with E-state index in [1.807, 2.05) is 18.5 Å². The molecule has 1 atom stereocenters. The van der Waals surface area contributed by atoms with Crippen molar-refractivity contribution in [2.24, 2.45) is 0 Å². The molecule has 0 radical (unpaired) electrons. The van der Waals surface area contributed by atoms with Crippen LogP contribution in [0.5, 0.6) is 5.75 Å².